The Balaban J connectivity index is 0.000000195. The molecule has 1 fully saturated rings. The van der Waals surface area contributed by atoms with E-state index >= 15 is 0 Å². The van der Waals surface area contributed by atoms with E-state index in [1.54, 1.807) is 24.4 Å². The van der Waals surface area contributed by atoms with Crippen LogP contribution in [0, 0.1) is 18.6 Å². The number of halogens is 2. The lowest BCUT2D eigenvalue weighted by Crippen LogP contribution is -2.37. The second-order valence-electron chi connectivity index (χ2n) is 11.3. The lowest BCUT2D eigenvalue weighted by Gasteiger charge is -2.26. The molecule has 0 bridgehead atoms. The Labute approximate surface area is 294 Å². The van der Waals surface area contributed by atoms with E-state index in [9.17, 15) is 25.6 Å². The van der Waals surface area contributed by atoms with Gasteiger partial charge in [-0.25, -0.2) is 35.3 Å². The van der Waals surface area contributed by atoms with Crippen LogP contribution in [0.5, 0.6) is 23.0 Å². The summed E-state index contributed by atoms with van der Waals surface area (Å²) in [6.07, 6.45) is 3.62. The van der Waals surface area contributed by atoms with E-state index in [0.29, 0.717) is 34.7 Å². The normalized spacial score (nSPS) is 13.6. The van der Waals surface area contributed by atoms with Crippen LogP contribution in [0.2, 0.25) is 0 Å². The number of likely N-dealkylation sites (tertiary alicyclic amines) is 1. The van der Waals surface area contributed by atoms with Crippen molar-refractivity contribution in [3.05, 3.63) is 120 Å². The molecule has 0 radical (unpaired) electrons. The van der Waals surface area contributed by atoms with Crippen molar-refractivity contribution in [3.8, 4) is 23.0 Å². The van der Waals surface area contributed by atoms with Crippen LogP contribution in [0.1, 0.15) is 25.0 Å². The SMILES string of the molecule is Cc1csc(NS(=O)(=O)c2ccc(Oc3ccc(F)cc3)cc2)n1.O=S(=O)(NCCN1CCCCC1)c1ccc(Oc2ccc(F)cc2)cc1. The Bertz CT molecular complexity index is 2040. The molecule has 0 amide bonds. The van der Waals surface area contributed by atoms with Gasteiger partial charge in [0.1, 0.15) is 34.6 Å². The van der Waals surface area contributed by atoms with Crippen LogP contribution in [0.4, 0.5) is 13.9 Å². The van der Waals surface area contributed by atoms with E-state index in [0.717, 1.165) is 25.3 Å². The van der Waals surface area contributed by atoms with Crippen molar-refractivity contribution in [1.82, 2.24) is 14.6 Å². The average molecular weight is 743 g/mol. The zero-order chi connectivity index (χ0) is 35.6. The maximum absolute atomic E-state index is 12.9. The maximum atomic E-state index is 12.9. The van der Waals surface area contributed by atoms with Crippen LogP contribution in [0.25, 0.3) is 0 Å². The molecule has 50 heavy (non-hydrogen) atoms. The monoisotopic (exact) mass is 742 g/mol. The molecule has 0 unspecified atom stereocenters. The van der Waals surface area contributed by atoms with Gasteiger partial charge >= 0.3 is 0 Å². The summed E-state index contributed by atoms with van der Waals surface area (Å²) < 4.78 is 91.3. The predicted molar refractivity (Wildman–Crippen MR) is 189 cm³/mol. The molecular weight excluding hydrogens is 707 g/mol. The fourth-order valence-corrected chi connectivity index (χ4v) is 7.79. The molecule has 10 nitrogen and oxygen atoms in total. The van der Waals surface area contributed by atoms with Gasteiger partial charge in [-0.1, -0.05) is 6.42 Å². The molecule has 6 rings (SSSR count). The number of piperidine rings is 1. The van der Waals surface area contributed by atoms with Gasteiger partial charge < -0.3 is 14.4 Å². The largest absolute Gasteiger partial charge is 0.457 e. The highest BCUT2D eigenvalue weighted by molar-refractivity contribution is 7.93. The number of thiazole rings is 1. The molecule has 0 aliphatic carbocycles. The van der Waals surface area contributed by atoms with Crippen molar-refractivity contribution in [1.29, 1.82) is 0 Å². The lowest BCUT2D eigenvalue weighted by molar-refractivity contribution is 0.233. The fourth-order valence-electron chi connectivity index (χ4n) is 4.83. The van der Waals surface area contributed by atoms with Gasteiger partial charge in [-0.15, -0.1) is 11.3 Å². The van der Waals surface area contributed by atoms with E-state index in [1.807, 2.05) is 0 Å². The highest BCUT2D eigenvalue weighted by Crippen LogP contribution is 2.26. The first-order chi connectivity index (χ1) is 23.9. The maximum Gasteiger partial charge on any atom is 0.263 e. The van der Waals surface area contributed by atoms with Crippen molar-refractivity contribution < 1.29 is 35.1 Å². The van der Waals surface area contributed by atoms with Crippen LogP contribution in [0.15, 0.2) is 112 Å². The molecule has 2 N–H and O–H groups in total. The first kappa shape index (κ1) is 36.9. The second kappa shape index (κ2) is 17.0. The molecule has 1 saturated heterocycles. The highest BCUT2D eigenvalue weighted by atomic mass is 32.2. The van der Waals surface area contributed by atoms with Gasteiger partial charge in [0.2, 0.25) is 10.0 Å². The van der Waals surface area contributed by atoms with Gasteiger partial charge in [-0.3, -0.25) is 4.72 Å². The molecule has 1 aromatic heterocycles. The number of anilines is 1. The molecule has 15 heteroatoms. The first-order valence-electron chi connectivity index (χ1n) is 15.7. The number of nitrogens with zero attached hydrogens (tertiary/aromatic N) is 2. The molecule has 0 spiro atoms. The Morgan fingerprint density at radius 3 is 1.56 bits per heavy atom. The summed E-state index contributed by atoms with van der Waals surface area (Å²) in [7, 11) is -7.24. The minimum atomic E-state index is -3.70. The Morgan fingerprint density at radius 1 is 0.680 bits per heavy atom. The van der Waals surface area contributed by atoms with E-state index in [4.69, 9.17) is 9.47 Å². The van der Waals surface area contributed by atoms with Crippen LogP contribution >= 0.6 is 11.3 Å². The van der Waals surface area contributed by atoms with Gasteiger partial charge in [0.05, 0.1) is 15.5 Å². The molecule has 5 aromatic rings. The van der Waals surface area contributed by atoms with Crippen LogP contribution in [-0.4, -0.2) is 52.9 Å². The van der Waals surface area contributed by atoms with Gasteiger partial charge in [0.25, 0.3) is 10.0 Å². The molecule has 1 aliphatic heterocycles. The lowest BCUT2D eigenvalue weighted by atomic mass is 10.1. The minimum absolute atomic E-state index is 0.0989. The number of ether oxygens (including phenoxy) is 2. The molecule has 1 aliphatic rings. The van der Waals surface area contributed by atoms with Gasteiger partial charge in [0.15, 0.2) is 5.13 Å². The minimum Gasteiger partial charge on any atom is -0.457 e. The van der Waals surface area contributed by atoms with Gasteiger partial charge in [0, 0.05) is 18.5 Å². The van der Waals surface area contributed by atoms with E-state index < -0.39 is 20.0 Å². The fraction of sp³-hybridized carbons (Fsp3) is 0.229. The third-order valence-corrected chi connectivity index (χ3v) is 11.2. The van der Waals surface area contributed by atoms with Crippen molar-refractivity contribution in [2.24, 2.45) is 0 Å². The summed E-state index contributed by atoms with van der Waals surface area (Å²) in [6.45, 7) is 4.99. The van der Waals surface area contributed by atoms with Gasteiger partial charge in [-0.05, 0) is 130 Å². The van der Waals surface area contributed by atoms with E-state index in [2.05, 4.69) is 19.3 Å². The number of aromatic nitrogens is 1. The predicted octanol–water partition coefficient (Wildman–Crippen LogP) is 7.57. The van der Waals surface area contributed by atoms with Gasteiger partial charge in [-0.2, -0.15) is 0 Å². The number of hydrogen-bond acceptors (Lipinski definition) is 9. The van der Waals surface area contributed by atoms with Crippen LogP contribution in [0.3, 0.4) is 0 Å². The second-order valence-corrected chi connectivity index (χ2v) is 15.6. The smallest absolute Gasteiger partial charge is 0.263 e. The van der Waals surface area contributed by atoms with Crippen LogP contribution < -0.4 is 18.9 Å². The highest BCUT2D eigenvalue weighted by Gasteiger charge is 2.17. The van der Waals surface area contributed by atoms with E-state index in [1.165, 1.54) is 116 Å². The summed E-state index contributed by atoms with van der Waals surface area (Å²) in [4.78, 5) is 6.65. The number of sulfonamides is 2. The topological polar surface area (TPSA) is 127 Å². The molecule has 264 valence electrons. The van der Waals surface area contributed by atoms with Crippen molar-refractivity contribution in [2.75, 3.05) is 30.9 Å². The van der Waals surface area contributed by atoms with Crippen molar-refractivity contribution in [2.45, 2.75) is 36.0 Å². The molecule has 2 heterocycles. The molecule has 0 saturated carbocycles. The zero-order valence-corrected chi connectivity index (χ0v) is 29.5. The third-order valence-electron chi connectivity index (χ3n) is 7.38. The number of benzene rings is 4. The Morgan fingerprint density at radius 2 is 1.12 bits per heavy atom. The van der Waals surface area contributed by atoms with E-state index in [-0.39, 0.29) is 21.4 Å². The van der Waals surface area contributed by atoms with Crippen molar-refractivity contribution in [3.63, 3.8) is 0 Å². The zero-order valence-electron chi connectivity index (χ0n) is 27.1. The summed E-state index contributed by atoms with van der Waals surface area (Å²) in [5.41, 5.74) is 0.751. The standard InChI is InChI=1S/C19H23FN2O3S.C16H13FN2O3S2/c20-16-4-6-17(7-5-16)25-18-8-10-19(11-9-18)26(23,24)21-12-15-22-13-2-1-3-14-22;1-11-10-23-16(18-11)19-24(20,21)15-8-6-14(7-9-15)22-13-4-2-12(17)3-5-13/h4-11,21H,1-3,12-15H2;2-10H,1H3,(H,18,19). The number of nitrogens with one attached hydrogen (secondary N) is 2. The quantitative estimate of drug-likeness (QED) is 0.134. The first-order valence-corrected chi connectivity index (χ1v) is 19.5. The Kier molecular flexibility index (Phi) is 12.5. The number of hydrogen-bond donors (Lipinski definition) is 2. The van der Waals surface area contributed by atoms with Crippen molar-refractivity contribution >= 4 is 36.5 Å². The summed E-state index contributed by atoms with van der Waals surface area (Å²) in [5.74, 6) is 1.20. The number of aryl methyl sites for hydroxylation is 1. The summed E-state index contributed by atoms with van der Waals surface area (Å²) in [5, 5.41) is 2.08. The summed E-state index contributed by atoms with van der Waals surface area (Å²) in [6, 6.07) is 23.3. The third kappa shape index (κ3) is 11.1. The molecule has 0 atom stereocenters. The number of rotatable bonds is 12. The molecule has 4 aromatic carbocycles. The average Bonchev–Trinajstić information content (AvgIpc) is 3.51. The summed E-state index contributed by atoms with van der Waals surface area (Å²) >= 11 is 1.22. The van der Waals surface area contributed by atoms with Crippen LogP contribution in [-0.2, 0) is 20.0 Å². The Hall–Kier alpha value is -4.41. The molecular formula is C35H36F2N4O6S3.